The maximum absolute atomic E-state index is 12.8. The Bertz CT molecular complexity index is 823. The molecule has 1 saturated heterocycles. The van der Waals surface area contributed by atoms with Crippen LogP contribution in [0, 0.1) is 11.3 Å². The molecule has 2 amide bonds. The molecule has 2 heterocycles. The van der Waals surface area contributed by atoms with Gasteiger partial charge in [0.15, 0.2) is 0 Å². The minimum absolute atomic E-state index is 0.0171. The van der Waals surface area contributed by atoms with E-state index in [-0.39, 0.29) is 23.8 Å². The van der Waals surface area contributed by atoms with Crippen LogP contribution in [0.1, 0.15) is 52.4 Å². The summed E-state index contributed by atoms with van der Waals surface area (Å²) in [5.74, 6) is 0.643. The molecule has 150 valence electrons. The fourth-order valence-corrected chi connectivity index (χ4v) is 3.57. The Labute approximate surface area is 166 Å². The van der Waals surface area contributed by atoms with E-state index in [2.05, 4.69) is 15.3 Å². The Hall–Kier alpha value is -2.63. The average Bonchev–Trinajstić information content (AvgIpc) is 3.18. The SMILES string of the molecule is CC(NC(=O)C1CCCN(C(=O)C(C)(C)C)C1)c1ncc(-c2ccccc2)[nH]1. The predicted octanol–water partition coefficient (Wildman–Crippen LogP) is 3.54. The van der Waals surface area contributed by atoms with Crippen LogP contribution in [0.4, 0.5) is 0 Å². The van der Waals surface area contributed by atoms with Crippen molar-refractivity contribution in [2.75, 3.05) is 13.1 Å². The summed E-state index contributed by atoms with van der Waals surface area (Å²) in [6.45, 7) is 8.90. The number of aromatic amines is 1. The van der Waals surface area contributed by atoms with Crippen molar-refractivity contribution in [2.45, 2.75) is 46.6 Å². The minimum Gasteiger partial charge on any atom is -0.346 e. The Kier molecular flexibility index (Phi) is 5.87. The number of likely N-dealkylation sites (tertiary alicyclic amines) is 1. The monoisotopic (exact) mass is 382 g/mol. The third-order valence-electron chi connectivity index (χ3n) is 5.17. The largest absolute Gasteiger partial charge is 0.346 e. The molecular weight excluding hydrogens is 352 g/mol. The summed E-state index contributed by atoms with van der Waals surface area (Å²) in [7, 11) is 0. The zero-order chi connectivity index (χ0) is 20.3. The number of carbonyl (C=O) groups is 2. The minimum atomic E-state index is -0.423. The van der Waals surface area contributed by atoms with Crippen LogP contribution in [-0.4, -0.2) is 39.8 Å². The van der Waals surface area contributed by atoms with Gasteiger partial charge in [-0.25, -0.2) is 4.98 Å². The molecule has 2 N–H and O–H groups in total. The van der Waals surface area contributed by atoms with Gasteiger partial charge in [0.05, 0.1) is 23.9 Å². The summed E-state index contributed by atoms with van der Waals surface area (Å²) in [6.07, 6.45) is 3.45. The van der Waals surface area contributed by atoms with E-state index in [9.17, 15) is 9.59 Å². The van der Waals surface area contributed by atoms with Gasteiger partial charge in [0, 0.05) is 18.5 Å². The molecule has 2 unspecified atom stereocenters. The first-order chi connectivity index (χ1) is 13.3. The van der Waals surface area contributed by atoms with Gasteiger partial charge < -0.3 is 15.2 Å². The first kappa shape index (κ1) is 20.1. The van der Waals surface area contributed by atoms with Crippen LogP contribution in [-0.2, 0) is 9.59 Å². The molecule has 0 bridgehead atoms. The topological polar surface area (TPSA) is 78.1 Å². The lowest BCUT2D eigenvalue weighted by molar-refractivity contribution is -0.142. The second kappa shape index (κ2) is 8.17. The Balaban J connectivity index is 1.61. The van der Waals surface area contributed by atoms with Crippen LogP contribution in [0.15, 0.2) is 36.5 Å². The van der Waals surface area contributed by atoms with Crippen molar-refractivity contribution < 1.29 is 9.59 Å². The number of aromatic nitrogens is 2. The lowest BCUT2D eigenvalue weighted by Crippen LogP contribution is -2.49. The molecule has 1 aromatic carbocycles. The van der Waals surface area contributed by atoms with Gasteiger partial charge in [-0.05, 0) is 25.3 Å². The first-order valence-electron chi connectivity index (χ1n) is 9.96. The molecule has 1 aromatic heterocycles. The number of nitrogens with zero attached hydrogens (tertiary/aromatic N) is 2. The Morgan fingerprint density at radius 2 is 1.96 bits per heavy atom. The molecule has 0 saturated carbocycles. The molecule has 1 aliphatic rings. The number of hydrogen-bond acceptors (Lipinski definition) is 3. The number of hydrogen-bond donors (Lipinski definition) is 2. The number of imidazole rings is 1. The highest BCUT2D eigenvalue weighted by Gasteiger charge is 2.33. The summed E-state index contributed by atoms with van der Waals surface area (Å²) in [5.41, 5.74) is 1.56. The van der Waals surface area contributed by atoms with E-state index < -0.39 is 5.41 Å². The second-order valence-corrected chi connectivity index (χ2v) is 8.62. The van der Waals surface area contributed by atoms with Crippen molar-refractivity contribution in [3.8, 4) is 11.3 Å². The fraction of sp³-hybridized carbons (Fsp3) is 0.500. The summed E-state index contributed by atoms with van der Waals surface area (Å²) in [5, 5.41) is 3.06. The number of H-pyrrole nitrogens is 1. The average molecular weight is 383 g/mol. The van der Waals surface area contributed by atoms with Crippen LogP contribution in [0.25, 0.3) is 11.3 Å². The summed E-state index contributed by atoms with van der Waals surface area (Å²) < 4.78 is 0. The number of piperidine rings is 1. The van der Waals surface area contributed by atoms with E-state index in [1.165, 1.54) is 0 Å². The Morgan fingerprint density at radius 1 is 1.25 bits per heavy atom. The second-order valence-electron chi connectivity index (χ2n) is 8.62. The van der Waals surface area contributed by atoms with Crippen LogP contribution in [0.5, 0.6) is 0 Å². The number of rotatable bonds is 4. The van der Waals surface area contributed by atoms with Crippen LogP contribution >= 0.6 is 0 Å². The van der Waals surface area contributed by atoms with E-state index in [1.54, 1.807) is 6.20 Å². The van der Waals surface area contributed by atoms with Gasteiger partial charge in [-0.2, -0.15) is 0 Å². The normalized spacial score (nSPS) is 18.6. The lowest BCUT2D eigenvalue weighted by atomic mass is 9.91. The predicted molar refractivity (Wildman–Crippen MR) is 109 cm³/mol. The molecule has 0 spiro atoms. The highest BCUT2D eigenvalue weighted by Crippen LogP contribution is 2.24. The van der Waals surface area contributed by atoms with Gasteiger partial charge in [0.2, 0.25) is 11.8 Å². The Morgan fingerprint density at radius 3 is 2.64 bits per heavy atom. The standard InChI is InChI=1S/C22H30N4O2/c1-15(19-23-13-18(25-19)16-9-6-5-7-10-16)24-20(27)17-11-8-12-26(14-17)21(28)22(2,3)4/h5-7,9-10,13,15,17H,8,11-12,14H2,1-4H3,(H,23,25)(H,24,27). The molecular formula is C22H30N4O2. The molecule has 6 heteroatoms. The lowest BCUT2D eigenvalue weighted by Gasteiger charge is -2.36. The van der Waals surface area contributed by atoms with Crippen molar-refractivity contribution in [3.05, 3.63) is 42.4 Å². The third-order valence-corrected chi connectivity index (χ3v) is 5.17. The van der Waals surface area contributed by atoms with Crippen molar-refractivity contribution in [2.24, 2.45) is 11.3 Å². The quantitative estimate of drug-likeness (QED) is 0.849. The van der Waals surface area contributed by atoms with Gasteiger partial charge in [0.1, 0.15) is 5.82 Å². The van der Waals surface area contributed by atoms with Gasteiger partial charge >= 0.3 is 0 Å². The maximum atomic E-state index is 12.8. The third kappa shape index (κ3) is 4.61. The number of carbonyl (C=O) groups excluding carboxylic acids is 2. The van der Waals surface area contributed by atoms with Gasteiger partial charge in [-0.1, -0.05) is 51.1 Å². The molecule has 1 aliphatic heterocycles. The van der Waals surface area contributed by atoms with Crippen molar-refractivity contribution >= 4 is 11.8 Å². The van der Waals surface area contributed by atoms with Crippen molar-refractivity contribution in [1.29, 1.82) is 0 Å². The van der Waals surface area contributed by atoms with E-state index in [1.807, 2.05) is 62.9 Å². The molecule has 0 aliphatic carbocycles. The van der Waals surface area contributed by atoms with Gasteiger partial charge in [-0.15, -0.1) is 0 Å². The first-order valence-corrected chi connectivity index (χ1v) is 9.96. The highest BCUT2D eigenvalue weighted by atomic mass is 16.2. The number of benzene rings is 1. The van der Waals surface area contributed by atoms with Crippen LogP contribution < -0.4 is 5.32 Å². The zero-order valence-electron chi connectivity index (χ0n) is 17.2. The van der Waals surface area contributed by atoms with E-state index >= 15 is 0 Å². The van der Waals surface area contributed by atoms with Crippen LogP contribution in [0.3, 0.4) is 0 Å². The number of amides is 2. The highest BCUT2D eigenvalue weighted by molar-refractivity contribution is 5.84. The van der Waals surface area contributed by atoms with E-state index in [4.69, 9.17) is 0 Å². The van der Waals surface area contributed by atoms with E-state index in [0.29, 0.717) is 6.54 Å². The molecule has 1 fully saturated rings. The summed E-state index contributed by atoms with van der Waals surface area (Å²) in [6, 6.07) is 9.75. The van der Waals surface area contributed by atoms with Crippen LogP contribution in [0.2, 0.25) is 0 Å². The smallest absolute Gasteiger partial charge is 0.227 e. The van der Waals surface area contributed by atoms with Gasteiger partial charge in [-0.3, -0.25) is 9.59 Å². The van der Waals surface area contributed by atoms with Crippen molar-refractivity contribution in [3.63, 3.8) is 0 Å². The fourth-order valence-electron chi connectivity index (χ4n) is 3.57. The number of nitrogens with one attached hydrogen (secondary N) is 2. The summed E-state index contributed by atoms with van der Waals surface area (Å²) >= 11 is 0. The molecule has 28 heavy (non-hydrogen) atoms. The van der Waals surface area contributed by atoms with Crippen molar-refractivity contribution in [1.82, 2.24) is 20.2 Å². The van der Waals surface area contributed by atoms with E-state index in [0.717, 1.165) is 36.5 Å². The molecule has 3 rings (SSSR count). The van der Waals surface area contributed by atoms with Gasteiger partial charge in [0.25, 0.3) is 0 Å². The molecule has 6 nitrogen and oxygen atoms in total. The summed E-state index contributed by atoms with van der Waals surface area (Å²) in [4.78, 5) is 34.9. The molecule has 2 atom stereocenters. The zero-order valence-corrected chi connectivity index (χ0v) is 17.2. The maximum Gasteiger partial charge on any atom is 0.227 e. The molecule has 2 aromatic rings. The molecule has 0 radical (unpaired) electrons.